The molecule has 0 bridgehead atoms. The Bertz CT molecular complexity index is 1690. The standard InChI is InChI=1S/2C7H6N2S.2C7H5NO4.Cu/c2*8-7-9-5-3-1-2-4-6(5)10-7;2*9-7(10)5-2-1-3-6(4-5)8(11)12;/h2*1-4H,(H2,8,9);2*1-4H,(H,9,10);/q;;;;+2/p-2. The van der Waals surface area contributed by atoms with Crippen molar-refractivity contribution in [3.05, 3.63) is 128 Å². The van der Waals surface area contributed by atoms with Gasteiger partial charge in [0.15, 0.2) is 10.3 Å². The van der Waals surface area contributed by atoms with E-state index in [9.17, 15) is 40.0 Å². The Morgan fingerprint density at radius 1 is 0.600 bits per heavy atom. The van der Waals surface area contributed by atoms with Crippen molar-refractivity contribution < 1.29 is 46.7 Å². The van der Waals surface area contributed by atoms with Gasteiger partial charge in [-0.05, 0) is 24.3 Å². The molecule has 0 saturated carbocycles. The van der Waals surface area contributed by atoms with Gasteiger partial charge in [-0.2, -0.15) is 0 Å². The maximum atomic E-state index is 10.2. The Kier molecular flexibility index (Phi) is 13.5. The molecule has 4 aromatic carbocycles. The van der Waals surface area contributed by atoms with E-state index in [4.69, 9.17) is 11.5 Å². The molecule has 17 heteroatoms. The van der Waals surface area contributed by atoms with E-state index in [0.29, 0.717) is 10.3 Å². The molecule has 0 atom stereocenters. The number of carbonyl (C=O) groups excluding carboxylic acids is 2. The summed E-state index contributed by atoms with van der Waals surface area (Å²) in [5.41, 5.74) is 12.1. The average Bonchev–Trinajstić information content (AvgIpc) is 3.58. The minimum Gasteiger partial charge on any atom is -0.545 e. The predicted octanol–water partition coefficient (Wildman–Crippen LogP) is 3.67. The number of anilines is 2. The Labute approximate surface area is 272 Å². The van der Waals surface area contributed by atoms with Crippen LogP contribution >= 0.6 is 22.7 Å². The van der Waals surface area contributed by atoms with Crippen molar-refractivity contribution in [3.63, 3.8) is 0 Å². The molecule has 0 aliphatic carbocycles. The van der Waals surface area contributed by atoms with Gasteiger partial charge >= 0.3 is 17.1 Å². The molecule has 2 heterocycles. The Balaban J connectivity index is 0.000000208. The number of nitrogens with zero attached hydrogens (tertiary/aromatic N) is 4. The summed E-state index contributed by atoms with van der Waals surface area (Å²) < 4.78 is 2.31. The summed E-state index contributed by atoms with van der Waals surface area (Å²) in [6.07, 6.45) is 0. The number of nitrogen functional groups attached to an aromatic ring is 2. The summed E-state index contributed by atoms with van der Waals surface area (Å²) in [7, 11) is 0. The molecule has 6 aromatic rings. The van der Waals surface area contributed by atoms with Crippen molar-refractivity contribution in [2.24, 2.45) is 0 Å². The second-order valence-corrected chi connectivity index (χ2v) is 10.4. The first-order chi connectivity index (χ1) is 20.9. The van der Waals surface area contributed by atoms with Gasteiger partial charge in [0.25, 0.3) is 11.4 Å². The smallest absolute Gasteiger partial charge is 0.545 e. The number of fused-ring (bicyclic) bond motifs is 2. The molecule has 4 N–H and O–H groups in total. The minimum absolute atomic E-state index is 0. The Hall–Kier alpha value is -5.48. The molecule has 0 aliphatic rings. The number of hydrogen-bond donors (Lipinski definition) is 2. The first-order valence-corrected chi connectivity index (χ1v) is 13.7. The van der Waals surface area contributed by atoms with Gasteiger partial charge in [0.05, 0.1) is 42.2 Å². The number of nitrogens with two attached hydrogens (primary N) is 2. The number of non-ortho nitro benzene ring substituents is 2. The van der Waals surface area contributed by atoms with Crippen molar-refractivity contribution in [3.8, 4) is 0 Å². The van der Waals surface area contributed by atoms with Crippen molar-refractivity contribution in [1.82, 2.24) is 9.97 Å². The minimum atomic E-state index is -1.42. The van der Waals surface area contributed by atoms with Crippen LogP contribution in [0.1, 0.15) is 20.7 Å². The van der Waals surface area contributed by atoms with Crippen LogP contribution in [-0.2, 0) is 17.1 Å². The van der Waals surface area contributed by atoms with Crippen molar-refractivity contribution in [2.75, 3.05) is 11.5 Å². The SMILES string of the molecule is Nc1nc2ccccc2s1.Nc1nc2ccccc2s1.O=C([O-])c1cccc([N+](=O)[O-])c1.O=C([O-])c1cccc([N+](=O)[O-])c1.[Cu+2]. The van der Waals surface area contributed by atoms with Crippen molar-refractivity contribution >= 4 is 76.7 Å². The van der Waals surface area contributed by atoms with Crippen LogP contribution in [0, 0.1) is 20.2 Å². The number of carboxylic acid groups (broad SMARTS) is 2. The molecule has 0 amide bonds. The first kappa shape index (κ1) is 35.7. The number of carboxylic acids is 2. The van der Waals surface area contributed by atoms with E-state index in [0.717, 1.165) is 32.6 Å². The van der Waals surface area contributed by atoms with E-state index in [1.54, 1.807) is 0 Å². The molecule has 0 unspecified atom stereocenters. The van der Waals surface area contributed by atoms with E-state index in [-0.39, 0.29) is 39.6 Å². The quantitative estimate of drug-likeness (QED) is 0.152. The van der Waals surface area contributed by atoms with Crippen LogP contribution in [-0.4, -0.2) is 31.8 Å². The molecule has 14 nitrogen and oxygen atoms in total. The van der Waals surface area contributed by atoms with Gasteiger partial charge in [-0.3, -0.25) is 20.2 Å². The van der Waals surface area contributed by atoms with Crippen molar-refractivity contribution in [1.29, 1.82) is 0 Å². The zero-order chi connectivity index (χ0) is 32.2. The molecule has 233 valence electrons. The number of aromatic nitrogens is 2. The molecule has 0 fully saturated rings. The summed E-state index contributed by atoms with van der Waals surface area (Å²) in [4.78, 5) is 47.7. The fourth-order valence-corrected chi connectivity index (χ4v) is 4.74. The maximum Gasteiger partial charge on any atom is 2.00 e. The number of hydrogen-bond acceptors (Lipinski definition) is 14. The number of para-hydroxylation sites is 2. The second kappa shape index (κ2) is 17.0. The number of rotatable bonds is 4. The number of carbonyl (C=O) groups is 2. The van der Waals surface area contributed by atoms with Crippen molar-refractivity contribution in [2.45, 2.75) is 0 Å². The maximum absolute atomic E-state index is 10.2. The van der Waals surface area contributed by atoms with E-state index in [1.165, 1.54) is 59.1 Å². The second-order valence-electron chi connectivity index (χ2n) is 8.23. The molecular weight excluding hydrogens is 676 g/mol. The Morgan fingerprint density at radius 2 is 0.956 bits per heavy atom. The topological polar surface area (TPSA) is 244 Å². The number of nitro groups is 2. The fourth-order valence-electron chi connectivity index (χ4n) is 3.27. The van der Waals surface area contributed by atoms with Gasteiger partial charge in [-0.1, -0.05) is 71.2 Å². The fraction of sp³-hybridized carbons (Fsp3) is 0. The van der Waals surface area contributed by atoms with Crippen LogP contribution in [0.4, 0.5) is 21.6 Å². The number of thiazole rings is 2. The summed E-state index contributed by atoms with van der Waals surface area (Å²) in [5, 5.41) is 42.1. The molecule has 0 saturated heterocycles. The molecule has 0 spiro atoms. The summed E-state index contributed by atoms with van der Waals surface area (Å²) in [6.45, 7) is 0. The zero-order valence-corrected chi connectivity index (χ0v) is 25.1. The van der Waals surface area contributed by atoms with E-state index >= 15 is 0 Å². The molecule has 45 heavy (non-hydrogen) atoms. The zero-order valence-electron chi connectivity index (χ0n) is 22.6. The number of aromatic carboxylic acids is 2. The molecule has 1 radical (unpaired) electrons. The van der Waals surface area contributed by atoms with Crippen LogP contribution < -0.4 is 21.7 Å². The predicted molar refractivity (Wildman–Crippen MR) is 163 cm³/mol. The first-order valence-electron chi connectivity index (χ1n) is 12.1. The van der Waals surface area contributed by atoms with Crippen LogP contribution in [0.5, 0.6) is 0 Å². The van der Waals surface area contributed by atoms with Gasteiger partial charge in [-0.25, -0.2) is 9.97 Å². The van der Waals surface area contributed by atoms with Gasteiger partial charge in [0.2, 0.25) is 0 Å². The van der Waals surface area contributed by atoms with E-state index in [1.807, 2.05) is 48.5 Å². The molecule has 2 aromatic heterocycles. The third-order valence-corrected chi connectivity index (χ3v) is 6.94. The monoisotopic (exact) mass is 695 g/mol. The van der Waals surface area contributed by atoms with Gasteiger partial charge in [0, 0.05) is 35.4 Å². The average molecular weight is 696 g/mol. The van der Waals surface area contributed by atoms with E-state index < -0.39 is 21.8 Å². The molecular formula is C28H20CuN6O8S2. The van der Waals surface area contributed by atoms with E-state index in [2.05, 4.69) is 9.97 Å². The number of nitro benzene ring substituents is 2. The third kappa shape index (κ3) is 10.9. The summed E-state index contributed by atoms with van der Waals surface area (Å²) in [5.74, 6) is -2.84. The Morgan fingerprint density at radius 3 is 1.27 bits per heavy atom. The normalized spacial score (nSPS) is 9.60. The summed E-state index contributed by atoms with van der Waals surface area (Å²) >= 11 is 3.04. The largest absolute Gasteiger partial charge is 2.00 e. The third-order valence-electron chi connectivity index (χ3n) is 5.21. The van der Waals surface area contributed by atoms with Crippen LogP contribution in [0.25, 0.3) is 20.4 Å². The van der Waals surface area contributed by atoms with Crippen LogP contribution in [0.15, 0.2) is 97.1 Å². The van der Waals surface area contributed by atoms with Gasteiger partial charge in [-0.15, -0.1) is 0 Å². The molecule has 0 aliphatic heterocycles. The van der Waals surface area contributed by atoms with Gasteiger partial charge in [0.1, 0.15) is 0 Å². The number of benzene rings is 4. The molecule has 6 rings (SSSR count). The summed E-state index contributed by atoms with van der Waals surface area (Å²) in [6, 6.07) is 25.3. The van der Waals surface area contributed by atoms with Crippen LogP contribution in [0.2, 0.25) is 0 Å². The van der Waals surface area contributed by atoms with Crippen LogP contribution in [0.3, 0.4) is 0 Å². The van der Waals surface area contributed by atoms with Gasteiger partial charge < -0.3 is 31.3 Å².